The van der Waals surface area contributed by atoms with E-state index < -0.39 is 13.7 Å². The van der Waals surface area contributed by atoms with Gasteiger partial charge in [-0.1, -0.05) is 55.5 Å². The molecule has 3 aromatic rings. The van der Waals surface area contributed by atoms with Crippen molar-refractivity contribution in [3.63, 3.8) is 0 Å². The third-order valence-electron chi connectivity index (χ3n) is 9.71. The van der Waals surface area contributed by atoms with Crippen LogP contribution >= 0.6 is 0 Å². The summed E-state index contributed by atoms with van der Waals surface area (Å²) in [5.41, 5.74) is 3.24. The first-order chi connectivity index (χ1) is 19.6. The van der Waals surface area contributed by atoms with Gasteiger partial charge in [-0.05, 0) is 60.3 Å². The number of fused-ring (bicyclic) bond motifs is 3. The Morgan fingerprint density at radius 1 is 1.02 bits per heavy atom. The number of para-hydroxylation sites is 1. The van der Waals surface area contributed by atoms with Crippen molar-refractivity contribution in [2.75, 3.05) is 30.6 Å². The van der Waals surface area contributed by atoms with Gasteiger partial charge in [0.25, 0.3) is 5.91 Å². The predicted molar refractivity (Wildman–Crippen MR) is 163 cm³/mol. The summed E-state index contributed by atoms with van der Waals surface area (Å²) in [6.45, 7) is 6.77. The number of rotatable bonds is 6. The Balaban J connectivity index is 1.47. The van der Waals surface area contributed by atoms with E-state index in [-0.39, 0.29) is 36.0 Å². The molecule has 3 aliphatic heterocycles. The van der Waals surface area contributed by atoms with E-state index in [1.54, 1.807) is 24.0 Å². The molecular weight excluding hydrogens is 532 g/mol. The third kappa shape index (κ3) is 4.07. The molecule has 0 saturated carbocycles. The molecule has 1 N–H and O–H groups in total. The van der Waals surface area contributed by atoms with Crippen molar-refractivity contribution in [1.29, 1.82) is 0 Å². The molecule has 3 heterocycles. The van der Waals surface area contributed by atoms with Crippen molar-refractivity contribution in [2.24, 2.45) is 5.92 Å². The monoisotopic (exact) mass is 570 g/mol. The Morgan fingerprint density at radius 3 is 2.46 bits per heavy atom. The lowest BCUT2D eigenvalue weighted by molar-refractivity contribution is -0.145. The average molecular weight is 571 g/mol. The highest BCUT2D eigenvalue weighted by Crippen LogP contribution is 2.60. The molecule has 0 unspecified atom stereocenters. The van der Waals surface area contributed by atoms with Crippen LogP contribution in [0, 0.1) is 5.92 Å². The minimum Gasteiger partial charge on any atom is -0.497 e. The standard InChI is InChI=1S/C33H38N2O5Si/c1-21-31(41(4,5)25-14-12-24(39-3)13-15-25)29(18-19-36)40-33(21)26-20-23(11-16-28(26)34(2)32(33)38)35-27-9-7-6-8-22(27)10-17-30(35)37/h6-9,11-16,20-21,29,31,36H,10,17-19H2,1-5H3/t21-,29+,31-,33+/m1/s1. The van der Waals surface area contributed by atoms with E-state index in [1.807, 2.05) is 48.5 Å². The number of ether oxygens (including phenoxy) is 2. The smallest absolute Gasteiger partial charge is 0.264 e. The van der Waals surface area contributed by atoms with Gasteiger partial charge in [0.2, 0.25) is 5.91 Å². The molecule has 41 heavy (non-hydrogen) atoms. The van der Waals surface area contributed by atoms with Gasteiger partial charge in [-0.25, -0.2) is 0 Å². The quantitative estimate of drug-likeness (QED) is 0.428. The zero-order chi connectivity index (χ0) is 29.1. The number of aryl methyl sites for hydroxylation is 1. The molecule has 0 aliphatic carbocycles. The fraction of sp³-hybridized carbons (Fsp3) is 0.394. The van der Waals surface area contributed by atoms with Gasteiger partial charge in [-0.15, -0.1) is 0 Å². The highest BCUT2D eigenvalue weighted by atomic mass is 28.3. The maximum atomic E-state index is 14.2. The molecule has 3 aliphatic rings. The summed E-state index contributed by atoms with van der Waals surface area (Å²) in [5.74, 6) is 0.603. The van der Waals surface area contributed by atoms with E-state index in [9.17, 15) is 14.7 Å². The van der Waals surface area contributed by atoms with Gasteiger partial charge in [-0.2, -0.15) is 0 Å². The number of anilines is 3. The van der Waals surface area contributed by atoms with Gasteiger partial charge in [0.1, 0.15) is 5.75 Å². The van der Waals surface area contributed by atoms with Crippen molar-refractivity contribution < 1.29 is 24.2 Å². The lowest BCUT2D eigenvalue weighted by atomic mass is 9.82. The largest absolute Gasteiger partial charge is 0.497 e. The first kappa shape index (κ1) is 27.7. The molecule has 7 nitrogen and oxygen atoms in total. The average Bonchev–Trinajstić information content (AvgIpc) is 3.39. The summed E-state index contributed by atoms with van der Waals surface area (Å²) >= 11 is 0. The summed E-state index contributed by atoms with van der Waals surface area (Å²) in [4.78, 5) is 31.0. The van der Waals surface area contributed by atoms with Crippen LogP contribution < -0.4 is 19.7 Å². The van der Waals surface area contributed by atoms with Crippen molar-refractivity contribution in [3.8, 4) is 5.75 Å². The lowest BCUT2D eigenvalue weighted by Gasteiger charge is -2.37. The number of likely N-dealkylation sites (N-methyl/N-ethyl adjacent to an activating group) is 1. The molecule has 1 spiro atoms. The number of aliphatic hydroxyl groups excluding tert-OH is 1. The molecule has 214 valence electrons. The Labute approximate surface area is 242 Å². The Morgan fingerprint density at radius 2 is 1.76 bits per heavy atom. The maximum absolute atomic E-state index is 14.2. The summed E-state index contributed by atoms with van der Waals surface area (Å²) in [7, 11) is 1.22. The van der Waals surface area contributed by atoms with Crippen LogP contribution in [0.25, 0.3) is 0 Å². The van der Waals surface area contributed by atoms with Crippen LogP contribution in [0.3, 0.4) is 0 Å². The Kier molecular flexibility index (Phi) is 6.83. The van der Waals surface area contributed by atoms with Crippen molar-refractivity contribution in [3.05, 3.63) is 77.9 Å². The van der Waals surface area contributed by atoms with Crippen molar-refractivity contribution in [2.45, 2.75) is 56.5 Å². The minimum atomic E-state index is -2.24. The molecule has 0 radical (unpaired) electrons. The molecular formula is C33H38N2O5Si. The minimum absolute atomic E-state index is 0.0208. The molecule has 1 saturated heterocycles. The number of nitrogens with zero attached hydrogens (tertiary/aromatic N) is 2. The second-order valence-electron chi connectivity index (χ2n) is 12.1. The van der Waals surface area contributed by atoms with Gasteiger partial charge in [0, 0.05) is 37.2 Å². The number of amides is 2. The lowest BCUT2D eigenvalue weighted by Crippen LogP contribution is -2.51. The van der Waals surface area contributed by atoms with E-state index in [2.05, 4.69) is 38.2 Å². The Bertz CT molecular complexity index is 1510. The molecule has 1 fully saturated rings. The normalized spacial score (nSPS) is 25.6. The zero-order valence-electron chi connectivity index (χ0n) is 24.4. The molecule has 8 heteroatoms. The number of carbonyl (C=O) groups excluding carboxylic acids is 2. The molecule has 0 aromatic heterocycles. The third-order valence-corrected chi connectivity index (χ3v) is 14.1. The number of benzene rings is 3. The summed E-state index contributed by atoms with van der Waals surface area (Å²) < 4.78 is 12.3. The molecule has 3 aromatic carbocycles. The molecule has 0 bridgehead atoms. The van der Waals surface area contributed by atoms with E-state index in [0.717, 1.165) is 40.4 Å². The second kappa shape index (κ2) is 10.1. The van der Waals surface area contributed by atoms with E-state index in [4.69, 9.17) is 9.47 Å². The van der Waals surface area contributed by atoms with E-state index >= 15 is 0 Å². The number of carbonyl (C=O) groups is 2. The number of methoxy groups -OCH3 is 1. The van der Waals surface area contributed by atoms with Crippen LogP contribution in [0.5, 0.6) is 5.75 Å². The Hall–Kier alpha value is -3.46. The van der Waals surface area contributed by atoms with Gasteiger partial charge in [0.05, 0.1) is 32.7 Å². The van der Waals surface area contributed by atoms with Crippen LogP contribution in [-0.2, 0) is 26.3 Å². The molecule has 2 amide bonds. The van der Waals surface area contributed by atoms with Gasteiger partial charge in [0.15, 0.2) is 5.60 Å². The summed E-state index contributed by atoms with van der Waals surface area (Å²) in [5, 5.41) is 11.3. The maximum Gasteiger partial charge on any atom is 0.264 e. The highest BCUT2D eigenvalue weighted by molar-refractivity contribution is 6.91. The van der Waals surface area contributed by atoms with Gasteiger partial charge in [-0.3, -0.25) is 14.5 Å². The van der Waals surface area contributed by atoms with E-state index in [1.165, 1.54) is 5.19 Å². The van der Waals surface area contributed by atoms with Crippen LogP contribution in [0.2, 0.25) is 18.6 Å². The van der Waals surface area contributed by atoms with Crippen LogP contribution in [0.4, 0.5) is 17.1 Å². The first-order valence-electron chi connectivity index (χ1n) is 14.4. The molecule has 4 atom stereocenters. The van der Waals surface area contributed by atoms with E-state index in [0.29, 0.717) is 12.8 Å². The number of hydrogen-bond acceptors (Lipinski definition) is 5. The van der Waals surface area contributed by atoms with Crippen molar-refractivity contribution >= 4 is 42.1 Å². The topological polar surface area (TPSA) is 79.3 Å². The molecule has 6 rings (SSSR count). The summed E-state index contributed by atoms with van der Waals surface area (Å²) in [6, 6.07) is 22.1. The van der Waals surface area contributed by atoms with Crippen LogP contribution in [0.1, 0.15) is 30.9 Å². The number of hydrogen-bond donors (Lipinski definition) is 1. The van der Waals surface area contributed by atoms with Crippen LogP contribution in [0.15, 0.2) is 66.7 Å². The van der Waals surface area contributed by atoms with Gasteiger partial charge < -0.3 is 19.5 Å². The van der Waals surface area contributed by atoms with Gasteiger partial charge >= 0.3 is 0 Å². The second-order valence-corrected chi connectivity index (χ2v) is 16.8. The fourth-order valence-corrected chi connectivity index (χ4v) is 11.7. The SMILES string of the molecule is COc1ccc([Si](C)(C)[C@H]2[C@H](CCO)O[C@@]3(C(=O)N(C)c4ccc(N5C(=O)CCc6ccccc65)cc43)[C@@H]2C)cc1. The van der Waals surface area contributed by atoms with Crippen molar-refractivity contribution in [1.82, 2.24) is 0 Å². The fourth-order valence-electron chi connectivity index (χ4n) is 7.65. The number of aliphatic hydroxyl groups is 1. The summed E-state index contributed by atoms with van der Waals surface area (Å²) in [6.07, 6.45) is 1.32. The predicted octanol–water partition coefficient (Wildman–Crippen LogP) is 4.88. The first-order valence-corrected chi connectivity index (χ1v) is 17.5. The highest BCUT2D eigenvalue weighted by Gasteiger charge is 2.65. The van der Waals surface area contributed by atoms with Crippen LogP contribution in [-0.4, -0.2) is 51.9 Å². The zero-order valence-corrected chi connectivity index (χ0v) is 25.4.